The Hall–Kier alpha value is -4.03. The van der Waals surface area contributed by atoms with Gasteiger partial charge < -0.3 is 30.4 Å². The molecule has 3 rings (SSSR count). The number of nitrogens with zero attached hydrogens (tertiary/aromatic N) is 3. The summed E-state index contributed by atoms with van der Waals surface area (Å²) in [5, 5.41) is 18.1. The van der Waals surface area contributed by atoms with Crippen LogP contribution in [0.1, 0.15) is 43.9 Å². The van der Waals surface area contributed by atoms with Crippen molar-refractivity contribution in [3.63, 3.8) is 0 Å². The lowest BCUT2D eigenvalue weighted by molar-refractivity contribution is -0.131. The summed E-state index contributed by atoms with van der Waals surface area (Å²) in [6.45, 7) is 4.75. The number of amides is 3. The zero-order valence-corrected chi connectivity index (χ0v) is 24.1. The molecule has 2 atom stereocenters. The highest BCUT2D eigenvalue weighted by Gasteiger charge is 2.33. The van der Waals surface area contributed by atoms with Crippen LogP contribution in [0.2, 0.25) is 6.82 Å². The van der Waals surface area contributed by atoms with Crippen LogP contribution in [-0.4, -0.2) is 69.9 Å². The molecule has 0 aliphatic rings. The molecule has 12 heteroatoms. The first-order valence-electron chi connectivity index (χ1n) is 13.5. The lowest BCUT2D eigenvalue weighted by Crippen LogP contribution is -2.60. The fourth-order valence-corrected chi connectivity index (χ4v) is 4.44. The van der Waals surface area contributed by atoms with E-state index >= 15 is 0 Å². The molecule has 0 saturated heterocycles. The number of benzene rings is 2. The summed E-state index contributed by atoms with van der Waals surface area (Å²) in [7, 11) is 2.31. The van der Waals surface area contributed by atoms with Gasteiger partial charge in [0.1, 0.15) is 17.9 Å². The first kappa shape index (κ1) is 31.5. The second-order valence-corrected chi connectivity index (χ2v) is 10.7. The Morgan fingerprint density at radius 3 is 2.37 bits per heavy atom. The summed E-state index contributed by atoms with van der Waals surface area (Å²) in [5.41, 5.74) is 0.535. The number of aryl methyl sites for hydroxylation is 1. The Morgan fingerprint density at radius 1 is 1.10 bits per heavy atom. The predicted octanol–water partition coefficient (Wildman–Crippen LogP) is 2.62. The van der Waals surface area contributed by atoms with Gasteiger partial charge in [0, 0.05) is 20.3 Å². The number of halogens is 1. The molecule has 3 aromatic rings. The Kier molecular flexibility index (Phi) is 10.8. The van der Waals surface area contributed by atoms with Gasteiger partial charge in [0.05, 0.1) is 11.9 Å². The van der Waals surface area contributed by atoms with E-state index in [2.05, 4.69) is 20.8 Å². The fraction of sp³-hybridized carbons (Fsp3) is 0.379. The molecule has 218 valence electrons. The highest BCUT2D eigenvalue weighted by atomic mass is 19.1. The standard InChI is InChI=1S/C29H38BFN6O4/c1-29(2,35-30(3)41)28(40)33-23(13-9-12-20-10-7-6-8-11-20)26(38)34-24-18-37(19-32-24)25(27(39)36(4)5)21-14-16-22(31)17-15-21/h6-8,10-11,14-19,23,25,35,41H,9,12-13H2,1-5H3,(H,33,40)(H,34,38)/t23-,25?/m1/s1. The maximum Gasteiger partial charge on any atom is 0.374 e. The number of carbonyl (C=O) groups excluding carboxylic acids is 3. The van der Waals surface area contributed by atoms with Gasteiger partial charge in [-0.05, 0) is 63.2 Å². The number of imidazole rings is 1. The number of aromatic nitrogens is 2. The zero-order chi connectivity index (χ0) is 30.2. The van der Waals surface area contributed by atoms with Crippen LogP contribution in [0, 0.1) is 5.82 Å². The molecular weight excluding hydrogens is 526 g/mol. The van der Waals surface area contributed by atoms with Gasteiger partial charge in [0.15, 0.2) is 5.82 Å². The average Bonchev–Trinajstić information content (AvgIpc) is 3.36. The van der Waals surface area contributed by atoms with Crippen LogP contribution in [0.15, 0.2) is 67.1 Å². The zero-order valence-electron chi connectivity index (χ0n) is 24.1. The Morgan fingerprint density at radius 2 is 1.76 bits per heavy atom. The normalized spacial score (nSPS) is 12.8. The van der Waals surface area contributed by atoms with E-state index in [1.807, 2.05) is 30.3 Å². The van der Waals surface area contributed by atoms with Gasteiger partial charge in [-0.1, -0.05) is 42.5 Å². The van der Waals surface area contributed by atoms with E-state index in [0.717, 1.165) is 12.0 Å². The van der Waals surface area contributed by atoms with Crippen LogP contribution in [0.3, 0.4) is 0 Å². The predicted molar refractivity (Wildman–Crippen MR) is 156 cm³/mol. The molecule has 4 N–H and O–H groups in total. The number of carbonyl (C=O) groups is 3. The van der Waals surface area contributed by atoms with Gasteiger partial charge in [-0.25, -0.2) is 9.37 Å². The van der Waals surface area contributed by atoms with Crippen molar-refractivity contribution in [2.75, 3.05) is 19.4 Å². The van der Waals surface area contributed by atoms with Crippen LogP contribution >= 0.6 is 0 Å². The maximum absolute atomic E-state index is 13.5. The molecule has 1 unspecified atom stereocenters. The SMILES string of the molecule is CB(O)NC(C)(C)C(=O)N[C@H](CCCc1ccccc1)C(=O)Nc1cn(C(C(=O)N(C)C)c2ccc(F)cc2)cn1. The third-order valence-corrected chi connectivity index (χ3v) is 6.57. The molecule has 2 aromatic carbocycles. The minimum atomic E-state index is -1.14. The van der Waals surface area contributed by atoms with E-state index in [4.69, 9.17) is 0 Å². The summed E-state index contributed by atoms with van der Waals surface area (Å²) < 4.78 is 15.1. The Labute approximate surface area is 240 Å². The van der Waals surface area contributed by atoms with Crippen molar-refractivity contribution in [2.45, 2.75) is 57.6 Å². The smallest absolute Gasteiger partial charge is 0.374 e. The molecule has 0 fully saturated rings. The van der Waals surface area contributed by atoms with Crippen molar-refractivity contribution in [3.8, 4) is 0 Å². The number of anilines is 1. The van der Waals surface area contributed by atoms with Crippen molar-refractivity contribution < 1.29 is 23.8 Å². The Bertz CT molecular complexity index is 1310. The summed E-state index contributed by atoms with van der Waals surface area (Å²) in [4.78, 5) is 45.2. The molecule has 0 saturated carbocycles. The third kappa shape index (κ3) is 8.99. The minimum Gasteiger partial charge on any atom is -0.437 e. The molecule has 10 nitrogen and oxygen atoms in total. The maximum atomic E-state index is 13.5. The quantitative estimate of drug-likeness (QED) is 0.237. The molecule has 1 heterocycles. The monoisotopic (exact) mass is 564 g/mol. The summed E-state index contributed by atoms with van der Waals surface area (Å²) in [6.07, 6.45) is 4.65. The van der Waals surface area contributed by atoms with Gasteiger partial charge in [0.2, 0.25) is 17.7 Å². The summed E-state index contributed by atoms with van der Waals surface area (Å²) in [5.74, 6) is -1.41. The molecule has 0 aliphatic carbocycles. The molecule has 41 heavy (non-hydrogen) atoms. The third-order valence-electron chi connectivity index (χ3n) is 6.57. The Balaban J connectivity index is 1.79. The van der Waals surface area contributed by atoms with E-state index in [0.29, 0.717) is 18.4 Å². The number of hydrogen-bond acceptors (Lipinski definition) is 6. The van der Waals surface area contributed by atoms with Crippen LogP contribution in [0.25, 0.3) is 0 Å². The van der Waals surface area contributed by atoms with E-state index in [1.54, 1.807) is 32.5 Å². The molecule has 0 aliphatic heterocycles. The average molecular weight is 564 g/mol. The number of hydrogen-bond donors (Lipinski definition) is 4. The fourth-order valence-electron chi connectivity index (χ4n) is 4.44. The molecule has 0 radical (unpaired) electrons. The topological polar surface area (TPSA) is 129 Å². The van der Waals surface area contributed by atoms with E-state index < -0.39 is 42.3 Å². The summed E-state index contributed by atoms with van der Waals surface area (Å²) >= 11 is 0. The van der Waals surface area contributed by atoms with Crippen LogP contribution in [-0.2, 0) is 20.8 Å². The van der Waals surface area contributed by atoms with Crippen molar-refractivity contribution >= 4 is 30.6 Å². The lowest BCUT2D eigenvalue weighted by atomic mass is 9.83. The van der Waals surface area contributed by atoms with E-state index in [9.17, 15) is 23.8 Å². The molecule has 1 aromatic heterocycles. The van der Waals surface area contributed by atoms with E-state index in [1.165, 1.54) is 48.5 Å². The lowest BCUT2D eigenvalue weighted by Gasteiger charge is -2.28. The number of rotatable bonds is 13. The second-order valence-electron chi connectivity index (χ2n) is 10.7. The molecule has 0 spiro atoms. The van der Waals surface area contributed by atoms with Crippen molar-refractivity contribution in [3.05, 3.63) is 84.1 Å². The van der Waals surface area contributed by atoms with Gasteiger partial charge in [-0.2, -0.15) is 0 Å². The van der Waals surface area contributed by atoms with Gasteiger partial charge in [-0.3, -0.25) is 14.4 Å². The highest BCUT2D eigenvalue weighted by molar-refractivity contribution is 6.46. The molecular formula is C29H38BFN6O4. The highest BCUT2D eigenvalue weighted by Crippen LogP contribution is 2.23. The van der Waals surface area contributed by atoms with E-state index in [-0.39, 0.29) is 11.7 Å². The van der Waals surface area contributed by atoms with Crippen molar-refractivity contribution in [2.24, 2.45) is 0 Å². The van der Waals surface area contributed by atoms with Gasteiger partial charge >= 0.3 is 7.05 Å². The molecule has 3 amide bonds. The van der Waals surface area contributed by atoms with Crippen molar-refractivity contribution in [1.82, 2.24) is 25.0 Å². The summed E-state index contributed by atoms with van der Waals surface area (Å²) in [6, 6.07) is 13.7. The van der Waals surface area contributed by atoms with Crippen LogP contribution < -0.4 is 15.9 Å². The van der Waals surface area contributed by atoms with Crippen molar-refractivity contribution in [1.29, 1.82) is 0 Å². The first-order valence-corrected chi connectivity index (χ1v) is 13.5. The second kappa shape index (κ2) is 14.0. The van der Waals surface area contributed by atoms with Crippen LogP contribution in [0.4, 0.5) is 10.2 Å². The van der Waals surface area contributed by atoms with Gasteiger partial charge in [0.25, 0.3) is 0 Å². The number of nitrogens with one attached hydrogen (secondary N) is 3. The number of likely N-dealkylation sites (N-methyl/N-ethyl adjacent to an activating group) is 1. The first-order chi connectivity index (χ1) is 19.4. The van der Waals surface area contributed by atoms with Crippen LogP contribution in [0.5, 0.6) is 0 Å². The minimum absolute atomic E-state index is 0.192. The van der Waals surface area contributed by atoms with Gasteiger partial charge in [-0.15, -0.1) is 0 Å². The largest absolute Gasteiger partial charge is 0.437 e. The molecule has 0 bridgehead atoms.